The van der Waals surface area contributed by atoms with Crippen LogP contribution in [0.3, 0.4) is 0 Å². The van der Waals surface area contributed by atoms with Gasteiger partial charge in [-0.1, -0.05) is 44.2 Å². The third kappa shape index (κ3) is 4.39. The Labute approximate surface area is 161 Å². The number of benzene rings is 2. The molecule has 0 aliphatic carbocycles. The minimum absolute atomic E-state index is 0.0562. The molecule has 0 aromatic heterocycles. The molecule has 0 saturated carbocycles. The zero-order valence-electron chi connectivity index (χ0n) is 15.8. The van der Waals surface area contributed by atoms with Crippen LogP contribution in [-0.4, -0.2) is 38.4 Å². The highest BCUT2D eigenvalue weighted by Crippen LogP contribution is 2.28. The largest absolute Gasteiger partial charge is 0.338 e. The van der Waals surface area contributed by atoms with Gasteiger partial charge in [-0.25, -0.2) is 8.42 Å². The van der Waals surface area contributed by atoms with Gasteiger partial charge in [-0.2, -0.15) is 0 Å². The Morgan fingerprint density at radius 3 is 2.33 bits per heavy atom. The Bertz CT molecular complexity index is 906. The quantitative estimate of drug-likeness (QED) is 0.876. The minimum atomic E-state index is -3.45. The summed E-state index contributed by atoms with van der Waals surface area (Å²) in [5.74, 6) is -0.138. The first kappa shape index (κ1) is 19.6. The van der Waals surface area contributed by atoms with Gasteiger partial charge in [0.05, 0.1) is 10.6 Å². The van der Waals surface area contributed by atoms with Crippen molar-refractivity contribution in [3.05, 3.63) is 65.7 Å². The lowest BCUT2D eigenvalue weighted by Gasteiger charge is -2.42. The summed E-state index contributed by atoms with van der Waals surface area (Å²) in [7, 11) is -3.45. The summed E-state index contributed by atoms with van der Waals surface area (Å²) >= 11 is 0. The predicted molar refractivity (Wildman–Crippen MR) is 106 cm³/mol. The number of carbonyl (C=O) groups excluding carboxylic acids is 1. The lowest BCUT2D eigenvalue weighted by Crippen LogP contribution is -2.53. The Hall–Kier alpha value is -2.18. The Morgan fingerprint density at radius 2 is 1.74 bits per heavy atom. The molecule has 0 bridgehead atoms. The first-order chi connectivity index (χ1) is 12.7. The van der Waals surface area contributed by atoms with Gasteiger partial charge in [0.2, 0.25) is 0 Å². The summed E-state index contributed by atoms with van der Waals surface area (Å²) in [6.07, 6.45) is 0.766. The predicted octanol–water partition coefficient (Wildman–Crippen LogP) is 2.86. The van der Waals surface area contributed by atoms with Gasteiger partial charge in [0.15, 0.2) is 9.84 Å². The monoisotopic (exact) mass is 386 g/mol. The standard InChI is InChI=1S/C21H26N2O3S/c1-21(2)15-23(13-12-19(21)22)20(24)17-8-10-18(11-9-17)27(25,26)14-16-6-4-3-5-7-16/h3-11,19H,12-15,22H2,1-2H3. The Morgan fingerprint density at radius 1 is 1.11 bits per heavy atom. The van der Waals surface area contributed by atoms with Crippen LogP contribution in [0.2, 0.25) is 0 Å². The van der Waals surface area contributed by atoms with Crippen molar-refractivity contribution in [3.8, 4) is 0 Å². The van der Waals surface area contributed by atoms with E-state index in [0.717, 1.165) is 12.0 Å². The highest BCUT2D eigenvalue weighted by Gasteiger charge is 2.35. The van der Waals surface area contributed by atoms with Gasteiger partial charge >= 0.3 is 0 Å². The van der Waals surface area contributed by atoms with Gasteiger partial charge in [0.25, 0.3) is 5.91 Å². The van der Waals surface area contributed by atoms with E-state index in [4.69, 9.17) is 5.73 Å². The van der Waals surface area contributed by atoms with Crippen molar-refractivity contribution >= 4 is 15.7 Å². The average molecular weight is 387 g/mol. The number of piperidine rings is 1. The topological polar surface area (TPSA) is 80.5 Å². The SMILES string of the molecule is CC1(C)CN(C(=O)c2ccc(S(=O)(=O)Cc3ccccc3)cc2)CCC1N. The maximum atomic E-state index is 12.8. The number of hydrogen-bond donors (Lipinski definition) is 1. The van der Waals surface area contributed by atoms with E-state index < -0.39 is 9.84 Å². The van der Waals surface area contributed by atoms with Gasteiger partial charge < -0.3 is 10.6 Å². The van der Waals surface area contributed by atoms with Crippen LogP contribution >= 0.6 is 0 Å². The van der Waals surface area contributed by atoms with E-state index in [2.05, 4.69) is 13.8 Å². The molecule has 5 nitrogen and oxygen atoms in total. The fourth-order valence-electron chi connectivity index (χ4n) is 3.41. The second kappa shape index (κ2) is 7.44. The van der Waals surface area contributed by atoms with Crippen molar-refractivity contribution < 1.29 is 13.2 Å². The molecule has 0 radical (unpaired) electrons. The minimum Gasteiger partial charge on any atom is -0.338 e. The summed E-state index contributed by atoms with van der Waals surface area (Å²) in [5, 5.41) is 0. The third-order valence-corrected chi connectivity index (χ3v) is 6.96. The number of nitrogens with two attached hydrogens (primary N) is 1. The van der Waals surface area contributed by atoms with E-state index in [9.17, 15) is 13.2 Å². The molecule has 1 fully saturated rings. The number of amides is 1. The summed E-state index contributed by atoms with van der Waals surface area (Å²) < 4.78 is 25.2. The third-order valence-electron chi connectivity index (χ3n) is 5.26. The molecule has 0 spiro atoms. The van der Waals surface area contributed by atoms with E-state index in [1.807, 2.05) is 18.2 Å². The molecular weight excluding hydrogens is 360 g/mol. The smallest absolute Gasteiger partial charge is 0.253 e. The highest BCUT2D eigenvalue weighted by atomic mass is 32.2. The van der Waals surface area contributed by atoms with Crippen LogP contribution in [0.15, 0.2) is 59.5 Å². The molecule has 1 heterocycles. The zero-order valence-corrected chi connectivity index (χ0v) is 16.6. The molecular formula is C21H26N2O3S. The molecule has 1 unspecified atom stereocenters. The molecule has 1 aliphatic heterocycles. The summed E-state index contributed by atoms with van der Waals surface area (Å²) in [4.78, 5) is 14.8. The second-order valence-corrected chi connectivity index (χ2v) is 9.87. The van der Waals surface area contributed by atoms with Crippen molar-refractivity contribution in [1.82, 2.24) is 4.90 Å². The molecule has 1 amide bonds. The van der Waals surface area contributed by atoms with Gasteiger partial charge in [0, 0.05) is 24.7 Å². The van der Waals surface area contributed by atoms with E-state index >= 15 is 0 Å². The first-order valence-electron chi connectivity index (χ1n) is 9.11. The fourth-order valence-corrected chi connectivity index (χ4v) is 4.76. The number of nitrogens with zero attached hydrogens (tertiary/aromatic N) is 1. The molecule has 6 heteroatoms. The molecule has 2 N–H and O–H groups in total. The molecule has 1 aliphatic rings. The number of rotatable bonds is 4. The maximum absolute atomic E-state index is 12.8. The van der Waals surface area contributed by atoms with E-state index in [-0.39, 0.29) is 28.0 Å². The van der Waals surface area contributed by atoms with Crippen LogP contribution in [0, 0.1) is 5.41 Å². The maximum Gasteiger partial charge on any atom is 0.253 e. The van der Waals surface area contributed by atoms with Crippen molar-refractivity contribution in [2.45, 2.75) is 37.0 Å². The van der Waals surface area contributed by atoms with Crippen LogP contribution in [-0.2, 0) is 15.6 Å². The Balaban J connectivity index is 1.74. The lowest BCUT2D eigenvalue weighted by atomic mass is 9.79. The Kier molecular flexibility index (Phi) is 5.40. The number of likely N-dealkylation sites (tertiary alicyclic amines) is 1. The van der Waals surface area contributed by atoms with Crippen LogP contribution in [0.1, 0.15) is 36.2 Å². The second-order valence-electron chi connectivity index (χ2n) is 7.88. The average Bonchev–Trinajstić information content (AvgIpc) is 2.64. The van der Waals surface area contributed by atoms with Gasteiger partial charge in [-0.15, -0.1) is 0 Å². The van der Waals surface area contributed by atoms with E-state index in [0.29, 0.717) is 18.7 Å². The normalized spacial score (nSPS) is 19.7. The van der Waals surface area contributed by atoms with Crippen LogP contribution in [0.5, 0.6) is 0 Å². The van der Waals surface area contributed by atoms with Gasteiger partial charge in [0.1, 0.15) is 0 Å². The fraction of sp³-hybridized carbons (Fsp3) is 0.381. The summed E-state index contributed by atoms with van der Waals surface area (Å²) in [6, 6.07) is 15.4. The molecule has 3 rings (SSSR count). The van der Waals surface area contributed by atoms with Gasteiger partial charge in [-0.3, -0.25) is 4.79 Å². The number of sulfone groups is 1. The van der Waals surface area contributed by atoms with Crippen molar-refractivity contribution in [1.29, 1.82) is 0 Å². The summed E-state index contributed by atoms with van der Waals surface area (Å²) in [6.45, 7) is 5.35. The van der Waals surface area contributed by atoms with Crippen LogP contribution in [0.25, 0.3) is 0 Å². The van der Waals surface area contributed by atoms with Crippen LogP contribution < -0.4 is 5.73 Å². The van der Waals surface area contributed by atoms with E-state index in [1.54, 1.807) is 29.2 Å². The van der Waals surface area contributed by atoms with Gasteiger partial charge in [-0.05, 0) is 41.7 Å². The van der Waals surface area contributed by atoms with Crippen molar-refractivity contribution in [2.75, 3.05) is 13.1 Å². The van der Waals surface area contributed by atoms with Crippen molar-refractivity contribution in [2.24, 2.45) is 11.1 Å². The zero-order chi connectivity index (χ0) is 19.7. The molecule has 2 aromatic carbocycles. The first-order valence-corrected chi connectivity index (χ1v) is 10.8. The highest BCUT2D eigenvalue weighted by molar-refractivity contribution is 7.90. The lowest BCUT2D eigenvalue weighted by molar-refractivity contribution is 0.0533. The molecule has 1 atom stereocenters. The molecule has 2 aromatic rings. The number of hydrogen-bond acceptors (Lipinski definition) is 4. The number of carbonyl (C=O) groups is 1. The van der Waals surface area contributed by atoms with Crippen LogP contribution in [0.4, 0.5) is 0 Å². The van der Waals surface area contributed by atoms with E-state index in [1.165, 1.54) is 12.1 Å². The molecule has 144 valence electrons. The van der Waals surface area contributed by atoms with Crippen molar-refractivity contribution in [3.63, 3.8) is 0 Å². The molecule has 1 saturated heterocycles. The summed E-state index contributed by atoms with van der Waals surface area (Å²) in [5.41, 5.74) is 7.25. The molecule has 27 heavy (non-hydrogen) atoms.